The molecular weight excluding hydrogens is 476 g/mol. The number of aliphatic carboxylic acids is 2. The quantitative estimate of drug-likeness (QED) is 0.460. The molecule has 10 heteroatoms. The normalized spacial score (nSPS) is 14.9. The van der Waals surface area contributed by atoms with Crippen molar-refractivity contribution < 1.29 is 29.4 Å². The number of hydrogen-bond donors (Lipinski definition) is 3. The summed E-state index contributed by atoms with van der Waals surface area (Å²) in [6, 6.07) is 17.4. The maximum atomic E-state index is 12.9. The SMILES string of the molecule is O=C(CN1CCN(C(=O)c2ccccc2)CC1)Nc1c2c(nc3ccccc13)CCC2.O=C(O)C(=O)O. The minimum atomic E-state index is -1.82. The zero-order valence-corrected chi connectivity index (χ0v) is 20.2. The number of anilines is 1. The van der Waals surface area contributed by atoms with E-state index in [2.05, 4.69) is 10.2 Å². The number of para-hydroxylation sites is 1. The van der Waals surface area contributed by atoms with Crippen LogP contribution in [0.15, 0.2) is 54.6 Å². The molecular formula is C27H28N4O6. The lowest BCUT2D eigenvalue weighted by molar-refractivity contribution is -0.159. The number of rotatable bonds is 4. The molecule has 1 fully saturated rings. The van der Waals surface area contributed by atoms with E-state index in [-0.39, 0.29) is 11.8 Å². The van der Waals surface area contributed by atoms with E-state index in [4.69, 9.17) is 24.8 Å². The van der Waals surface area contributed by atoms with Crippen molar-refractivity contribution in [1.29, 1.82) is 0 Å². The first-order valence-corrected chi connectivity index (χ1v) is 12.1. The van der Waals surface area contributed by atoms with Gasteiger partial charge >= 0.3 is 11.9 Å². The molecule has 0 spiro atoms. The van der Waals surface area contributed by atoms with Gasteiger partial charge in [0.2, 0.25) is 5.91 Å². The maximum Gasteiger partial charge on any atom is 0.414 e. The van der Waals surface area contributed by atoms with Crippen molar-refractivity contribution in [3.8, 4) is 0 Å². The van der Waals surface area contributed by atoms with Crippen LogP contribution in [0.25, 0.3) is 10.9 Å². The van der Waals surface area contributed by atoms with Crippen LogP contribution >= 0.6 is 0 Å². The van der Waals surface area contributed by atoms with Gasteiger partial charge in [-0.15, -0.1) is 0 Å². The average molecular weight is 505 g/mol. The van der Waals surface area contributed by atoms with Crippen molar-refractivity contribution in [3.63, 3.8) is 0 Å². The van der Waals surface area contributed by atoms with Crippen LogP contribution in [0.3, 0.4) is 0 Å². The molecule has 1 aliphatic heterocycles. The van der Waals surface area contributed by atoms with Gasteiger partial charge in [0.05, 0.1) is 17.7 Å². The summed E-state index contributed by atoms with van der Waals surface area (Å²) in [5, 5.41) is 19.0. The number of aryl methyl sites for hydroxylation is 1. The lowest BCUT2D eigenvalue weighted by Crippen LogP contribution is -2.50. The van der Waals surface area contributed by atoms with Crippen LogP contribution in [0.1, 0.15) is 28.0 Å². The molecule has 1 aromatic heterocycles. The molecule has 0 unspecified atom stereocenters. The third-order valence-corrected chi connectivity index (χ3v) is 6.41. The highest BCUT2D eigenvalue weighted by Crippen LogP contribution is 2.33. The van der Waals surface area contributed by atoms with Crippen LogP contribution in [-0.4, -0.2) is 81.5 Å². The minimum Gasteiger partial charge on any atom is -0.473 e. The highest BCUT2D eigenvalue weighted by Gasteiger charge is 2.25. The number of nitrogens with zero attached hydrogens (tertiary/aromatic N) is 3. The first kappa shape index (κ1) is 25.8. The summed E-state index contributed by atoms with van der Waals surface area (Å²) in [4.78, 5) is 52.5. The Morgan fingerprint density at radius 3 is 2.16 bits per heavy atom. The van der Waals surface area contributed by atoms with E-state index < -0.39 is 11.9 Å². The number of carboxylic acid groups (broad SMARTS) is 2. The number of aromatic nitrogens is 1. The summed E-state index contributed by atoms with van der Waals surface area (Å²) in [6.45, 7) is 2.99. The van der Waals surface area contributed by atoms with E-state index in [9.17, 15) is 9.59 Å². The van der Waals surface area contributed by atoms with Crippen molar-refractivity contribution in [1.82, 2.24) is 14.8 Å². The molecule has 192 valence electrons. The molecule has 10 nitrogen and oxygen atoms in total. The van der Waals surface area contributed by atoms with Gasteiger partial charge in [-0.25, -0.2) is 9.59 Å². The number of carbonyl (C=O) groups is 4. The summed E-state index contributed by atoms with van der Waals surface area (Å²) < 4.78 is 0. The molecule has 5 rings (SSSR count). The molecule has 0 radical (unpaired) electrons. The number of hydrogen-bond acceptors (Lipinski definition) is 6. The van der Waals surface area contributed by atoms with Crippen LogP contribution in [-0.2, 0) is 27.2 Å². The highest BCUT2D eigenvalue weighted by molar-refractivity contribution is 6.27. The second-order valence-corrected chi connectivity index (χ2v) is 8.88. The van der Waals surface area contributed by atoms with E-state index in [1.54, 1.807) is 0 Å². The van der Waals surface area contributed by atoms with Gasteiger partial charge in [-0.3, -0.25) is 19.5 Å². The Labute approximate surface area is 213 Å². The first-order valence-electron chi connectivity index (χ1n) is 12.1. The van der Waals surface area contributed by atoms with Gasteiger partial charge in [0.25, 0.3) is 5.91 Å². The van der Waals surface area contributed by atoms with Crippen LogP contribution in [0, 0.1) is 0 Å². The number of amides is 2. The predicted octanol–water partition coefficient (Wildman–Crippen LogP) is 2.28. The van der Waals surface area contributed by atoms with Crippen LogP contribution in [0.5, 0.6) is 0 Å². The number of piperazine rings is 1. The highest BCUT2D eigenvalue weighted by atomic mass is 16.4. The molecule has 2 aromatic carbocycles. The average Bonchev–Trinajstić information content (AvgIpc) is 3.38. The molecule has 0 saturated carbocycles. The second kappa shape index (κ2) is 11.6. The van der Waals surface area contributed by atoms with Crippen molar-refractivity contribution >= 4 is 40.3 Å². The largest absolute Gasteiger partial charge is 0.473 e. The summed E-state index contributed by atoms with van der Waals surface area (Å²) in [5.41, 5.74) is 4.88. The van der Waals surface area contributed by atoms with Crippen molar-refractivity contribution in [3.05, 3.63) is 71.4 Å². The summed E-state index contributed by atoms with van der Waals surface area (Å²) in [7, 11) is 0. The molecule has 2 amide bonds. The lowest BCUT2D eigenvalue weighted by Gasteiger charge is -2.34. The first-order chi connectivity index (χ1) is 17.8. The molecule has 2 aliphatic rings. The standard InChI is InChI=1S/C25H26N4O2.C2H2O4/c30-23(17-28-13-15-29(16-14-28)25(31)18-7-2-1-3-8-18)27-24-19-9-4-5-11-21(19)26-22-12-6-10-20(22)24;3-1(4)2(5)6/h1-5,7-9,11H,6,10,12-17H2,(H,26,27,30);(H,3,4)(H,5,6). The Morgan fingerprint density at radius 2 is 1.49 bits per heavy atom. The fourth-order valence-electron chi connectivity index (χ4n) is 4.61. The van der Waals surface area contributed by atoms with Gasteiger partial charge in [0.1, 0.15) is 0 Å². The van der Waals surface area contributed by atoms with Gasteiger partial charge < -0.3 is 20.4 Å². The van der Waals surface area contributed by atoms with Crippen LogP contribution < -0.4 is 5.32 Å². The monoisotopic (exact) mass is 504 g/mol. The number of fused-ring (bicyclic) bond motifs is 2. The predicted molar refractivity (Wildman–Crippen MR) is 136 cm³/mol. The number of nitrogens with one attached hydrogen (secondary N) is 1. The van der Waals surface area contributed by atoms with Gasteiger partial charge in [0.15, 0.2) is 0 Å². The van der Waals surface area contributed by atoms with E-state index in [0.29, 0.717) is 38.3 Å². The van der Waals surface area contributed by atoms with E-state index in [1.807, 2.05) is 59.5 Å². The third kappa shape index (κ3) is 6.28. The molecule has 0 atom stereocenters. The maximum absolute atomic E-state index is 12.9. The fraction of sp³-hybridized carbons (Fsp3) is 0.296. The third-order valence-electron chi connectivity index (χ3n) is 6.41. The lowest BCUT2D eigenvalue weighted by atomic mass is 10.1. The molecule has 1 aliphatic carbocycles. The van der Waals surface area contributed by atoms with E-state index >= 15 is 0 Å². The van der Waals surface area contributed by atoms with Crippen molar-refractivity contribution in [2.45, 2.75) is 19.3 Å². The smallest absolute Gasteiger partial charge is 0.414 e. The number of benzene rings is 2. The molecule has 2 heterocycles. The summed E-state index contributed by atoms with van der Waals surface area (Å²) >= 11 is 0. The van der Waals surface area contributed by atoms with Gasteiger partial charge in [-0.2, -0.15) is 0 Å². The second-order valence-electron chi connectivity index (χ2n) is 8.88. The van der Waals surface area contributed by atoms with E-state index in [0.717, 1.165) is 41.5 Å². The van der Waals surface area contributed by atoms with Crippen LogP contribution in [0.2, 0.25) is 0 Å². The topological polar surface area (TPSA) is 140 Å². The van der Waals surface area contributed by atoms with Crippen LogP contribution in [0.4, 0.5) is 5.69 Å². The Hall–Kier alpha value is -4.31. The Balaban J connectivity index is 0.000000480. The van der Waals surface area contributed by atoms with E-state index in [1.165, 1.54) is 5.56 Å². The Morgan fingerprint density at radius 1 is 0.838 bits per heavy atom. The molecule has 3 N–H and O–H groups in total. The minimum absolute atomic E-state index is 0.00621. The molecule has 0 bridgehead atoms. The number of carboxylic acids is 2. The molecule has 1 saturated heterocycles. The summed E-state index contributed by atoms with van der Waals surface area (Å²) in [6.07, 6.45) is 3.02. The number of carbonyl (C=O) groups excluding carboxylic acids is 2. The van der Waals surface area contributed by atoms with Gasteiger partial charge in [-0.05, 0) is 43.0 Å². The van der Waals surface area contributed by atoms with Gasteiger partial charge in [0, 0.05) is 42.8 Å². The molecule has 37 heavy (non-hydrogen) atoms. The number of pyridine rings is 1. The zero-order chi connectivity index (χ0) is 26.4. The Bertz CT molecular complexity index is 1310. The Kier molecular flexibility index (Phi) is 8.09. The van der Waals surface area contributed by atoms with Crippen molar-refractivity contribution in [2.24, 2.45) is 0 Å². The summed E-state index contributed by atoms with van der Waals surface area (Å²) in [5.74, 6) is -3.60. The zero-order valence-electron chi connectivity index (χ0n) is 20.2. The van der Waals surface area contributed by atoms with Gasteiger partial charge in [-0.1, -0.05) is 36.4 Å². The fourth-order valence-corrected chi connectivity index (χ4v) is 4.61. The van der Waals surface area contributed by atoms with Crippen molar-refractivity contribution in [2.75, 3.05) is 38.0 Å². The molecule has 3 aromatic rings.